The van der Waals surface area contributed by atoms with E-state index in [-0.39, 0.29) is 23.8 Å². The SMILES string of the molecule is O=C(CN1CC2COCCN2c2nc(Cl)ncc21)NCC1CCOCC1. The quantitative estimate of drug-likeness (QED) is 0.769. The van der Waals surface area contributed by atoms with Gasteiger partial charge in [-0.1, -0.05) is 0 Å². The molecular formula is C17H24ClN5O3. The van der Waals surface area contributed by atoms with Gasteiger partial charge in [0.25, 0.3) is 0 Å². The molecule has 0 saturated carbocycles. The van der Waals surface area contributed by atoms with Crippen molar-refractivity contribution in [2.45, 2.75) is 18.9 Å². The highest BCUT2D eigenvalue weighted by Gasteiger charge is 2.35. The molecule has 142 valence electrons. The van der Waals surface area contributed by atoms with Crippen LogP contribution in [-0.2, 0) is 14.3 Å². The summed E-state index contributed by atoms with van der Waals surface area (Å²) < 4.78 is 11.0. The van der Waals surface area contributed by atoms with Gasteiger partial charge >= 0.3 is 0 Å². The van der Waals surface area contributed by atoms with Crippen molar-refractivity contribution in [1.82, 2.24) is 15.3 Å². The number of halogens is 1. The van der Waals surface area contributed by atoms with Crippen molar-refractivity contribution in [2.75, 3.05) is 62.4 Å². The number of carbonyl (C=O) groups is 1. The normalized spacial score (nSPS) is 23.3. The van der Waals surface area contributed by atoms with Crippen LogP contribution < -0.4 is 15.1 Å². The molecule has 0 spiro atoms. The third-order valence-electron chi connectivity index (χ3n) is 5.26. The van der Waals surface area contributed by atoms with Crippen LogP contribution in [0.4, 0.5) is 11.5 Å². The average molecular weight is 382 g/mol. The number of anilines is 2. The topological polar surface area (TPSA) is 79.8 Å². The van der Waals surface area contributed by atoms with Gasteiger partial charge in [0.1, 0.15) is 0 Å². The highest BCUT2D eigenvalue weighted by molar-refractivity contribution is 6.28. The van der Waals surface area contributed by atoms with E-state index in [1.807, 2.05) is 4.90 Å². The first kappa shape index (κ1) is 17.8. The number of fused-ring (bicyclic) bond motifs is 3. The lowest BCUT2D eigenvalue weighted by Crippen LogP contribution is -2.57. The van der Waals surface area contributed by atoms with E-state index >= 15 is 0 Å². The van der Waals surface area contributed by atoms with Crippen LogP contribution in [0.25, 0.3) is 0 Å². The van der Waals surface area contributed by atoms with Gasteiger partial charge in [-0.2, -0.15) is 4.98 Å². The van der Waals surface area contributed by atoms with Crippen molar-refractivity contribution in [3.63, 3.8) is 0 Å². The number of aromatic nitrogens is 2. The molecule has 0 radical (unpaired) electrons. The van der Waals surface area contributed by atoms with Crippen LogP contribution >= 0.6 is 11.6 Å². The lowest BCUT2D eigenvalue weighted by atomic mass is 10.0. The van der Waals surface area contributed by atoms with Gasteiger partial charge in [-0.05, 0) is 30.4 Å². The van der Waals surface area contributed by atoms with E-state index in [0.29, 0.717) is 32.2 Å². The van der Waals surface area contributed by atoms with Crippen molar-refractivity contribution < 1.29 is 14.3 Å². The summed E-state index contributed by atoms with van der Waals surface area (Å²) in [5.74, 6) is 1.31. The summed E-state index contributed by atoms with van der Waals surface area (Å²) in [5.41, 5.74) is 0.855. The van der Waals surface area contributed by atoms with Crippen molar-refractivity contribution >= 4 is 29.0 Å². The van der Waals surface area contributed by atoms with Gasteiger partial charge in [0.2, 0.25) is 11.2 Å². The molecule has 1 aromatic rings. The standard InChI is InChI=1S/C17H24ClN5O3/c18-17-20-8-14-16(21-17)23-3-6-26-11-13(23)9-22(14)10-15(24)19-7-12-1-4-25-5-2-12/h8,12-13H,1-7,9-11H2,(H,19,24). The van der Waals surface area contributed by atoms with Crippen molar-refractivity contribution in [3.8, 4) is 0 Å². The Morgan fingerprint density at radius 2 is 2.15 bits per heavy atom. The minimum absolute atomic E-state index is 0.0163. The number of hydrogen-bond acceptors (Lipinski definition) is 7. The lowest BCUT2D eigenvalue weighted by molar-refractivity contribution is -0.120. The van der Waals surface area contributed by atoms with Gasteiger partial charge in [-0.25, -0.2) is 4.98 Å². The van der Waals surface area contributed by atoms with Gasteiger partial charge in [0, 0.05) is 32.8 Å². The van der Waals surface area contributed by atoms with Crippen LogP contribution in [0.5, 0.6) is 0 Å². The molecule has 1 amide bonds. The molecule has 4 rings (SSSR count). The number of morpholine rings is 1. The van der Waals surface area contributed by atoms with E-state index in [2.05, 4.69) is 20.2 Å². The number of carbonyl (C=O) groups excluding carboxylic acids is 1. The molecule has 2 saturated heterocycles. The molecule has 3 aliphatic heterocycles. The molecule has 2 fully saturated rings. The fourth-order valence-electron chi connectivity index (χ4n) is 3.81. The van der Waals surface area contributed by atoms with Crippen LogP contribution in [0.1, 0.15) is 12.8 Å². The maximum atomic E-state index is 12.5. The second kappa shape index (κ2) is 7.94. The molecule has 0 bridgehead atoms. The van der Waals surface area contributed by atoms with E-state index < -0.39 is 0 Å². The summed E-state index contributed by atoms with van der Waals surface area (Å²) in [4.78, 5) is 25.3. The van der Waals surface area contributed by atoms with E-state index in [9.17, 15) is 4.79 Å². The Labute approximate surface area is 157 Å². The maximum Gasteiger partial charge on any atom is 0.239 e. The molecule has 4 heterocycles. The Morgan fingerprint density at radius 3 is 3.00 bits per heavy atom. The zero-order valence-corrected chi connectivity index (χ0v) is 15.5. The number of rotatable bonds is 4. The van der Waals surface area contributed by atoms with Gasteiger partial charge in [0.05, 0.1) is 37.7 Å². The lowest BCUT2D eigenvalue weighted by Gasteiger charge is -2.45. The molecular weight excluding hydrogens is 358 g/mol. The molecule has 1 aromatic heterocycles. The van der Waals surface area contributed by atoms with Crippen LogP contribution in [0.3, 0.4) is 0 Å². The highest BCUT2D eigenvalue weighted by atomic mass is 35.5. The van der Waals surface area contributed by atoms with Gasteiger partial charge in [0.15, 0.2) is 5.82 Å². The minimum Gasteiger partial charge on any atom is -0.381 e. The fourth-order valence-corrected chi connectivity index (χ4v) is 3.93. The first-order valence-electron chi connectivity index (χ1n) is 9.17. The molecule has 1 atom stereocenters. The van der Waals surface area contributed by atoms with Crippen molar-refractivity contribution in [1.29, 1.82) is 0 Å². The number of hydrogen-bond donors (Lipinski definition) is 1. The maximum absolute atomic E-state index is 12.5. The average Bonchev–Trinajstić information content (AvgIpc) is 2.67. The first-order valence-corrected chi connectivity index (χ1v) is 9.55. The summed E-state index contributed by atoms with van der Waals surface area (Å²) in [5, 5.41) is 3.29. The Bertz CT molecular complexity index is 655. The molecule has 26 heavy (non-hydrogen) atoms. The predicted molar refractivity (Wildman–Crippen MR) is 97.8 cm³/mol. The van der Waals surface area contributed by atoms with Gasteiger partial charge in [-0.3, -0.25) is 4.79 Å². The van der Waals surface area contributed by atoms with E-state index in [1.54, 1.807) is 6.20 Å². The van der Waals surface area contributed by atoms with Crippen LogP contribution in [0.15, 0.2) is 6.20 Å². The monoisotopic (exact) mass is 381 g/mol. The fraction of sp³-hybridized carbons (Fsp3) is 0.706. The third kappa shape index (κ3) is 3.87. The third-order valence-corrected chi connectivity index (χ3v) is 5.44. The van der Waals surface area contributed by atoms with Crippen LogP contribution in [-0.4, -0.2) is 74.5 Å². The first-order chi connectivity index (χ1) is 12.7. The van der Waals surface area contributed by atoms with Gasteiger partial charge in [-0.15, -0.1) is 0 Å². The smallest absolute Gasteiger partial charge is 0.239 e. The highest BCUT2D eigenvalue weighted by Crippen LogP contribution is 2.34. The Morgan fingerprint density at radius 1 is 1.31 bits per heavy atom. The summed E-state index contributed by atoms with van der Waals surface area (Å²) in [7, 11) is 0. The number of nitrogens with zero attached hydrogens (tertiary/aromatic N) is 4. The van der Waals surface area contributed by atoms with Crippen LogP contribution in [0, 0.1) is 5.92 Å². The zero-order chi connectivity index (χ0) is 17.9. The minimum atomic E-state index is 0.0163. The molecule has 0 aromatic carbocycles. The second-order valence-electron chi connectivity index (χ2n) is 7.01. The number of nitrogens with one attached hydrogen (secondary N) is 1. The van der Waals surface area contributed by atoms with E-state index in [1.165, 1.54) is 0 Å². The Balaban J connectivity index is 1.43. The molecule has 1 N–H and O–H groups in total. The van der Waals surface area contributed by atoms with Crippen LogP contribution in [0.2, 0.25) is 5.28 Å². The molecule has 8 nitrogen and oxygen atoms in total. The van der Waals surface area contributed by atoms with E-state index in [0.717, 1.165) is 44.1 Å². The molecule has 0 aliphatic carbocycles. The summed E-state index contributed by atoms with van der Waals surface area (Å²) in [6, 6.07) is 0.172. The predicted octanol–water partition coefficient (Wildman–Crippen LogP) is 0.698. The summed E-state index contributed by atoms with van der Waals surface area (Å²) >= 11 is 6.01. The van der Waals surface area contributed by atoms with Crippen molar-refractivity contribution in [3.05, 3.63) is 11.5 Å². The molecule has 3 aliphatic rings. The zero-order valence-electron chi connectivity index (χ0n) is 14.7. The molecule has 1 unspecified atom stereocenters. The molecule has 9 heteroatoms. The Kier molecular flexibility index (Phi) is 5.42. The second-order valence-corrected chi connectivity index (χ2v) is 7.35. The largest absolute Gasteiger partial charge is 0.381 e. The van der Waals surface area contributed by atoms with Gasteiger partial charge < -0.3 is 24.6 Å². The van der Waals surface area contributed by atoms with E-state index in [4.69, 9.17) is 21.1 Å². The number of ether oxygens (including phenoxy) is 2. The summed E-state index contributed by atoms with van der Waals surface area (Å²) in [6.45, 7) is 5.34. The Hall–Kier alpha value is -1.64. The number of amides is 1. The summed E-state index contributed by atoms with van der Waals surface area (Å²) in [6.07, 6.45) is 3.73. The van der Waals surface area contributed by atoms with Crippen molar-refractivity contribution in [2.24, 2.45) is 5.92 Å².